The minimum atomic E-state index is -4.23. The van der Waals surface area contributed by atoms with Gasteiger partial charge in [-0.15, -0.1) is 0 Å². The Hall–Kier alpha value is -1.25. The monoisotopic (exact) mass is 206 g/mol. The first kappa shape index (κ1) is 10.8. The van der Waals surface area contributed by atoms with E-state index >= 15 is 0 Å². The summed E-state index contributed by atoms with van der Waals surface area (Å²) in [7, 11) is 0. The van der Waals surface area contributed by atoms with Gasteiger partial charge in [0, 0.05) is 13.1 Å². The highest BCUT2D eigenvalue weighted by atomic mass is 19.4. The lowest BCUT2D eigenvalue weighted by Gasteiger charge is -2.16. The van der Waals surface area contributed by atoms with Crippen molar-refractivity contribution in [3.8, 4) is 6.07 Å². The molecule has 6 heteroatoms. The Kier molecular flexibility index (Phi) is 2.99. The molecule has 1 saturated heterocycles. The zero-order valence-electron chi connectivity index (χ0n) is 7.34. The molecule has 0 radical (unpaired) electrons. The van der Waals surface area contributed by atoms with E-state index in [1.807, 2.05) is 0 Å². The van der Waals surface area contributed by atoms with Crippen molar-refractivity contribution in [1.29, 1.82) is 5.26 Å². The van der Waals surface area contributed by atoms with E-state index in [1.54, 1.807) is 6.07 Å². The van der Waals surface area contributed by atoms with Gasteiger partial charge in [-0.05, 0) is 6.42 Å². The van der Waals surface area contributed by atoms with Crippen LogP contribution in [0.25, 0.3) is 0 Å². The van der Waals surface area contributed by atoms with E-state index in [1.165, 1.54) is 0 Å². The largest absolute Gasteiger partial charge is 0.393 e. The molecule has 0 aliphatic carbocycles. The van der Waals surface area contributed by atoms with Gasteiger partial charge in [-0.25, -0.2) is 0 Å². The van der Waals surface area contributed by atoms with Crippen LogP contribution in [0.1, 0.15) is 12.8 Å². The summed E-state index contributed by atoms with van der Waals surface area (Å²) in [6, 6.07) is 1.63. The fraction of sp³-hybridized carbons (Fsp3) is 0.750. The van der Waals surface area contributed by atoms with Crippen molar-refractivity contribution in [3.63, 3.8) is 0 Å². The third kappa shape index (κ3) is 2.37. The van der Waals surface area contributed by atoms with Crippen molar-refractivity contribution in [2.24, 2.45) is 5.92 Å². The predicted octanol–water partition coefficient (Wildman–Crippen LogP) is 1.31. The Bertz CT molecular complexity index is 269. The molecule has 0 bridgehead atoms. The van der Waals surface area contributed by atoms with Crippen LogP contribution < -0.4 is 0 Å². The number of amides is 1. The maximum atomic E-state index is 12.2. The number of nitrogens with zero attached hydrogens (tertiary/aromatic N) is 2. The molecular formula is C8H9F3N2O. The van der Waals surface area contributed by atoms with Gasteiger partial charge in [0.1, 0.15) is 6.42 Å². The third-order valence-corrected chi connectivity index (χ3v) is 2.23. The van der Waals surface area contributed by atoms with Crippen molar-refractivity contribution in [2.75, 3.05) is 13.1 Å². The fourth-order valence-electron chi connectivity index (χ4n) is 1.43. The predicted molar refractivity (Wildman–Crippen MR) is 41.0 cm³/mol. The molecular weight excluding hydrogens is 197 g/mol. The first-order valence-electron chi connectivity index (χ1n) is 4.16. The molecule has 0 N–H and O–H groups in total. The van der Waals surface area contributed by atoms with E-state index < -0.39 is 18.0 Å². The van der Waals surface area contributed by atoms with Crippen molar-refractivity contribution >= 4 is 5.91 Å². The number of likely N-dealkylation sites (tertiary alicyclic amines) is 1. The van der Waals surface area contributed by atoms with E-state index in [4.69, 9.17) is 5.26 Å². The zero-order chi connectivity index (χ0) is 10.8. The van der Waals surface area contributed by atoms with E-state index in [0.717, 1.165) is 4.90 Å². The molecule has 0 aromatic carbocycles. The molecule has 0 aromatic rings. The molecule has 1 atom stereocenters. The summed E-state index contributed by atoms with van der Waals surface area (Å²) in [5.41, 5.74) is 0. The molecule has 14 heavy (non-hydrogen) atoms. The Morgan fingerprint density at radius 1 is 1.57 bits per heavy atom. The van der Waals surface area contributed by atoms with E-state index in [9.17, 15) is 18.0 Å². The first-order valence-corrected chi connectivity index (χ1v) is 4.16. The van der Waals surface area contributed by atoms with Gasteiger partial charge >= 0.3 is 6.18 Å². The first-order chi connectivity index (χ1) is 6.45. The summed E-state index contributed by atoms with van der Waals surface area (Å²) < 4.78 is 36.5. The lowest BCUT2D eigenvalue weighted by molar-refractivity contribution is -0.171. The number of alkyl halides is 3. The summed E-state index contributed by atoms with van der Waals surface area (Å²) in [6.07, 6.45) is -4.63. The van der Waals surface area contributed by atoms with Crippen LogP contribution in [0.4, 0.5) is 13.2 Å². The Morgan fingerprint density at radius 3 is 2.64 bits per heavy atom. The second kappa shape index (κ2) is 3.86. The summed E-state index contributed by atoms with van der Waals surface area (Å²) in [5, 5.41) is 8.20. The Morgan fingerprint density at radius 2 is 2.21 bits per heavy atom. The lowest BCUT2D eigenvalue weighted by atomic mass is 10.1. The second-order valence-electron chi connectivity index (χ2n) is 3.20. The number of hydrogen-bond acceptors (Lipinski definition) is 2. The number of carbonyl (C=O) groups is 1. The van der Waals surface area contributed by atoms with Gasteiger partial charge in [0.2, 0.25) is 5.91 Å². The summed E-state index contributed by atoms with van der Waals surface area (Å²) in [4.78, 5) is 12.2. The number of rotatable bonds is 1. The van der Waals surface area contributed by atoms with Gasteiger partial charge in [-0.2, -0.15) is 18.4 Å². The maximum absolute atomic E-state index is 12.2. The van der Waals surface area contributed by atoms with Gasteiger partial charge in [-0.1, -0.05) is 0 Å². The summed E-state index contributed by atoms with van der Waals surface area (Å²) in [6.45, 7) is -0.200. The molecule has 1 heterocycles. The smallest absolute Gasteiger partial charge is 0.341 e. The molecule has 0 spiro atoms. The van der Waals surface area contributed by atoms with Crippen LogP contribution >= 0.6 is 0 Å². The average molecular weight is 206 g/mol. The topological polar surface area (TPSA) is 44.1 Å². The molecule has 0 aromatic heterocycles. The van der Waals surface area contributed by atoms with Crippen LogP contribution in [-0.4, -0.2) is 30.1 Å². The van der Waals surface area contributed by atoms with Crippen LogP contribution in [0.15, 0.2) is 0 Å². The standard InChI is InChI=1S/C8H9F3N2O/c9-8(10,11)6-2-4-13(5-6)7(14)1-3-12/h6H,1-2,4-5H2/t6-/m0/s1. The van der Waals surface area contributed by atoms with Crippen LogP contribution in [0, 0.1) is 17.2 Å². The molecule has 1 fully saturated rings. The summed E-state index contributed by atoms with van der Waals surface area (Å²) in [5.74, 6) is -1.94. The number of hydrogen-bond donors (Lipinski definition) is 0. The van der Waals surface area contributed by atoms with Gasteiger partial charge < -0.3 is 4.90 Å². The van der Waals surface area contributed by atoms with E-state index in [0.29, 0.717) is 0 Å². The Labute approximate surface area is 79.1 Å². The molecule has 1 rings (SSSR count). The molecule has 0 unspecified atom stereocenters. The molecule has 1 amide bonds. The highest BCUT2D eigenvalue weighted by Crippen LogP contribution is 2.33. The van der Waals surface area contributed by atoms with Crippen molar-refractivity contribution < 1.29 is 18.0 Å². The van der Waals surface area contributed by atoms with Gasteiger partial charge in [0.15, 0.2) is 0 Å². The molecule has 78 valence electrons. The normalized spacial score (nSPS) is 22.1. The quantitative estimate of drug-likeness (QED) is 0.649. The van der Waals surface area contributed by atoms with Crippen molar-refractivity contribution in [2.45, 2.75) is 19.0 Å². The van der Waals surface area contributed by atoms with Crippen LogP contribution in [0.3, 0.4) is 0 Å². The van der Waals surface area contributed by atoms with Crippen molar-refractivity contribution in [1.82, 2.24) is 4.90 Å². The third-order valence-electron chi connectivity index (χ3n) is 2.23. The van der Waals surface area contributed by atoms with E-state index in [-0.39, 0.29) is 25.9 Å². The SMILES string of the molecule is N#CCC(=O)N1CC[C@H](C(F)(F)F)C1. The highest BCUT2D eigenvalue weighted by molar-refractivity contribution is 5.78. The van der Waals surface area contributed by atoms with Crippen LogP contribution in [0.2, 0.25) is 0 Å². The number of nitriles is 1. The van der Waals surface area contributed by atoms with Crippen molar-refractivity contribution in [3.05, 3.63) is 0 Å². The average Bonchev–Trinajstić information content (AvgIpc) is 2.51. The minimum absolute atomic E-state index is 0.0549. The minimum Gasteiger partial charge on any atom is -0.341 e. The molecule has 1 aliphatic heterocycles. The number of halogens is 3. The lowest BCUT2D eigenvalue weighted by Crippen LogP contribution is -2.31. The maximum Gasteiger partial charge on any atom is 0.393 e. The van der Waals surface area contributed by atoms with Crippen LogP contribution in [-0.2, 0) is 4.79 Å². The molecule has 3 nitrogen and oxygen atoms in total. The van der Waals surface area contributed by atoms with Crippen LogP contribution in [0.5, 0.6) is 0 Å². The molecule has 0 saturated carbocycles. The second-order valence-corrected chi connectivity index (χ2v) is 3.20. The van der Waals surface area contributed by atoms with Gasteiger partial charge in [-0.3, -0.25) is 4.79 Å². The highest BCUT2D eigenvalue weighted by Gasteiger charge is 2.44. The Balaban J connectivity index is 2.50. The fourth-order valence-corrected chi connectivity index (χ4v) is 1.43. The zero-order valence-corrected chi connectivity index (χ0v) is 7.34. The summed E-state index contributed by atoms with van der Waals surface area (Å²) >= 11 is 0. The van der Waals surface area contributed by atoms with E-state index in [2.05, 4.69) is 0 Å². The molecule has 1 aliphatic rings. The van der Waals surface area contributed by atoms with Gasteiger partial charge in [0.25, 0.3) is 0 Å². The number of carbonyl (C=O) groups excluding carboxylic acids is 1. The van der Waals surface area contributed by atoms with Gasteiger partial charge in [0.05, 0.1) is 12.0 Å².